The molecule has 0 fully saturated rings. The summed E-state index contributed by atoms with van der Waals surface area (Å²) in [6.45, 7) is 0. The van der Waals surface area contributed by atoms with Crippen LogP contribution in [0.1, 0.15) is 11.3 Å². The molecule has 3 rings (SSSR count). The van der Waals surface area contributed by atoms with Crippen molar-refractivity contribution in [2.45, 2.75) is 11.2 Å². The summed E-state index contributed by atoms with van der Waals surface area (Å²) in [5.74, 6) is 0. The molecular formula is C13H9BrClN. The number of rotatable bonds is 0. The van der Waals surface area contributed by atoms with Gasteiger partial charge >= 0.3 is 0 Å². The second-order valence-corrected chi connectivity index (χ2v) is 5.44. The van der Waals surface area contributed by atoms with Crippen LogP contribution in [-0.2, 0) is 6.42 Å². The van der Waals surface area contributed by atoms with Crippen LogP contribution in [0.3, 0.4) is 0 Å². The van der Waals surface area contributed by atoms with Crippen molar-refractivity contribution < 1.29 is 0 Å². The molecule has 16 heavy (non-hydrogen) atoms. The topological polar surface area (TPSA) is 12.9 Å². The van der Waals surface area contributed by atoms with E-state index in [9.17, 15) is 0 Å². The van der Waals surface area contributed by atoms with Gasteiger partial charge in [-0.2, -0.15) is 0 Å². The van der Waals surface area contributed by atoms with Crippen molar-refractivity contribution in [2.75, 3.05) is 0 Å². The summed E-state index contributed by atoms with van der Waals surface area (Å²) in [6, 6.07) is 7.99. The normalized spacial score (nSPS) is 18.8. The van der Waals surface area contributed by atoms with Gasteiger partial charge in [0.05, 0.1) is 16.2 Å². The smallest absolute Gasteiger partial charge is 0.0724 e. The third-order valence-electron chi connectivity index (χ3n) is 2.82. The van der Waals surface area contributed by atoms with Gasteiger partial charge in [-0.1, -0.05) is 51.8 Å². The molecule has 1 aromatic carbocycles. The SMILES string of the molecule is Clc1c2c(nc3ccccc13)C=CC(Br)C2. The van der Waals surface area contributed by atoms with Gasteiger partial charge in [-0.3, -0.25) is 0 Å². The van der Waals surface area contributed by atoms with Crippen LogP contribution in [0.5, 0.6) is 0 Å². The lowest BCUT2D eigenvalue weighted by molar-refractivity contribution is 1.00. The van der Waals surface area contributed by atoms with Crippen LogP contribution in [0.15, 0.2) is 30.3 Å². The minimum absolute atomic E-state index is 0.362. The fraction of sp³-hybridized carbons (Fsp3) is 0.154. The maximum atomic E-state index is 6.43. The fourth-order valence-corrected chi connectivity index (χ4v) is 2.83. The average Bonchev–Trinajstić information content (AvgIpc) is 2.31. The van der Waals surface area contributed by atoms with Crippen molar-refractivity contribution in [2.24, 2.45) is 0 Å². The Labute approximate surface area is 107 Å². The summed E-state index contributed by atoms with van der Waals surface area (Å²) in [5.41, 5.74) is 3.10. The van der Waals surface area contributed by atoms with Crippen molar-refractivity contribution in [3.05, 3.63) is 46.6 Å². The van der Waals surface area contributed by atoms with Gasteiger partial charge in [-0.25, -0.2) is 4.98 Å². The number of allylic oxidation sites excluding steroid dienone is 1. The maximum absolute atomic E-state index is 6.43. The predicted octanol–water partition coefficient (Wildman–Crippen LogP) is 4.22. The molecule has 0 aliphatic heterocycles. The summed E-state index contributed by atoms with van der Waals surface area (Å²) in [4.78, 5) is 4.98. The van der Waals surface area contributed by atoms with Gasteiger partial charge in [0.25, 0.3) is 0 Å². The van der Waals surface area contributed by atoms with Crippen LogP contribution < -0.4 is 0 Å². The number of pyridine rings is 1. The van der Waals surface area contributed by atoms with Gasteiger partial charge in [0.1, 0.15) is 0 Å². The zero-order chi connectivity index (χ0) is 11.1. The minimum atomic E-state index is 0.362. The Morgan fingerprint density at radius 1 is 1.31 bits per heavy atom. The van der Waals surface area contributed by atoms with Crippen LogP contribution in [-0.4, -0.2) is 9.81 Å². The monoisotopic (exact) mass is 293 g/mol. The number of aromatic nitrogens is 1. The Balaban J connectivity index is 2.35. The Kier molecular flexibility index (Phi) is 2.49. The van der Waals surface area contributed by atoms with E-state index in [4.69, 9.17) is 11.6 Å². The Morgan fingerprint density at radius 3 is 3.00 bits per heavy atom. The Bertz CT molecular complexity index is 592. The van der Waals surface area contributed by atoms with Crippen molar-refractivity contribution in [3.8, 4) is 0 Å². The van der Waals surface area contributed by atoms with E-state index >= 15 is 0 Å². The molecule has 2 aromatic rings. The Morgan fingerprint density at radius 2 is 2.12 bits per heavy atom. The predicted molar refractivity (Wildman–Crippen MR) is 72.2 cm³/mol. The standard InChI is InChI=1S/C13H9BrClN/c14-8-5-6-12-10(7-8)13(15)9-3-1-2-4-11(9)16-12/h1-6,8H,7H2. The van der Waals surface area contributed by atoms with E-state index in [0.717, 1.165) is 33.6 Å². The molecule has 1 nitrogen and oxygen atoms in total. The number of fused-ring (bicyclic) bond motifs is 2. The first kappa shape index (κ1) is 10.3. The summed E-state index contributed by atoms with van der Waals surface area (Å²) in [6.07, 6.45) is 5.06. The number of nitrogens with zero attached hydrogens (tertiary/aromatic N) is 1. The number of para-hydroxylation sites is 1. The number of halogens is 2. The number of benzene rings is 1. The molecular weight excluding hydrogens is 286 g/mol. The number of hydrogen-bond donors (Lipinski definition) is 0. The second-order valence-electron chi connectivity index (χ2n) is 3.89. The highest BCUT2D eigenvalue weighted by Gasteiger charge is 2.17. The van der Waals surface area contributed by atoms with Crippen LogP contribution in [0.4, 0.5) is 0 Å². The van der Waals surface area contributed by atoms with Crippen LogP contribution in [0.25, 0.3) is 17.0 Å². The van der Waals surface area contributed by atoms with Gasteiger partial charge < -0.3 is 0 Å². The van der Waals surface area contributed by atoms with Gasteiger partial charge in [0.2, 0.25) is 0 Å². The highest BCUT2D eigenvalue weighted by atomic mass is 79.9. The van der Waals surface area contributed by atoms with Gasteiger partial charge in [0.15, 0.2) is 0 Å². The summed E-state index contributed by atoms with van der Waals surface area (Å²) in [5, 5.41) is 1.88. The van der Waals surface area contributed by atoms with E-state index in [1.165, 1.54) is 0 Å². The first-order valence-electron chi connectivity index (χ1n) is 5.15. The summed E-state index contributed by atoms with van der Waals surface area (Å²) in [7, 11) is 0. The van der Waals surface area contributed by atoms with E-state index in [1.807, 2.05) is 30.3 Å². The second kappa shape index (κ2) is 3.86. The van der Waals surface area contributed by atoms with E-state index in [-0.39, 0.29) is 0 Å². The zero-order valence-electron chi connectivity index (χ0n) is 8.45. The van der Waals surface area contributed by atoms with Crippen LogP contribution in [0, 0.1) is 0 Å². The van der Waals surface area contributed by atoms with Crippen LogP contribution >= 0.6 is 27.5 Å². The first-order chi connectivity index (χ1) is 7.75. The van der Waals surface area contributed by atoms with Crippen molar-refractivity contribution in [1.29, 1.82) is 0 Å². The molecule has 0 N–H and O–H groups in total. The highest BCUT2D eigenvalue weighted by molar-refractivity contribution is 9.09. The third kappa shape index (κ3) is 1.57. The van der Waals surface area contributed by atoms with Crippen LogP contribution in [0.2, 0.25) is 5.02 Å². The molecule has 0 bridgehead atoms. The first-order valence-corrected chi connectivity index (χ1v) is 6.44. The molecule has 80 valence electrons. The Hall–Kier alpha value is -0.860. The van der Waals surface area contributed by atoms with E-state index in [1.54, 1.807) is 0 Å². The van der Waals surface area contributed by atoms with E-state index < -0.39 is 0 Å². The molecule has 0 saturated heterocycles. The van der Waals surface area contributed by atoms with Gasteiger partial charge in [-0.05, 0) is 24.1 Å². The molecule has 1 unspecified atom stereocenters. The highest BCUT2D eigenvalue weighted by Crippen LogP contribution is 2.33. The lowest BCUT2D eigenvalue weighted by Gasteiger charge is -2.16. The quantitative estimate of drug-likeness (QED) is 0.663. The summed E-state index contributed by atoms with van der Waals surface area (Å²) >= 11 is 10.0. The van der Waals surface area contributed by atoms with E-state index in [2.05, 4.69) is 27.0 Å². The molecule has 0 radical (unpaired) electrons. The number of hydrogen-bond acceptors (Lipinski definition) is 1. The maximum Gasteiger partial charge on any atom is 0.0724 e. The summed E-state index contributed by atoms with van der Waals surface area (Å²) < 4.78 is 0. The van der Waals surface area contributed by atoms with E-state index in [0.29, 0.717) is 4.83 Å². The largest absolute Gasteiger partial charge is 0.248 e. The molecule has 1 aliphatic rings. The molecule has 1 atom stereocenters. The van der Waals surface area contributed by atoms with Crippen molar-refractivity contribution in [1.82, 2.24) is 4.98 Å². The van der Waals surface area contributed by atoms with Gasteiger partial charge in [0, 0.05) is 10.2 Å². The van der Waals surface area contributed by atoms with Crippen molar-refractivity contribution in [3.63, 3.8) is 0 Å². The third-order valence-corrected chi connectivity index (χ3v) is 3.88. The van der Waals surface area contributed by atoms with Crippen molar-refractivity contribution >= 4 is 44.5 Å². The van der Waals surface area contributed by atoms with Gasteiger partial charge in [-0.15, -0.1) is 0 Å². The fourth-order valence-electron chi connectivity index (χ4n) is 2.02. The zero-order valence-corrected chi connectivity index (χ0v) is 10.8. The average molecular weight is 295 g/mol. The molecule has 1 aliphatic carbocycles. The molecule has 3 heteroatoms. The molecule has 1 heterocycles. The molecule has 0 saturated carbocycles. The minimum Gasteiger partial charge on any atom is -0.248 e. The molecule has 0 spiro atoms. The number of alkyl halides is 1. The lowest BCUT2D eigenvalue weighted by atomic mass is 10.00. The molecule has 0 amide bonds. The lowest BCUT2D eigenvalue weighted by Crippen LogP contribution is -2.08. The molecule has 1 aromatic heterocycles.